The second kappa shape index (κ2) is 3.51. The van der Waals surface area contributed by atoms with Crippen LogP contribution in [0.3, 0.4) is 0 Å². The molecule has 0 aliphatic carbocycles. The topological polar surface area (TPSA) is 18.5 Å². The van der Waals surface area contributed by atoms with Crippen LogP contribution in [0.4, 0.5) is 0 Å². The third kappa shape index (κ3) is 4.03. The average Bonchev–Trinajstić information content (AvgIpc) is 1.64. The molecule has 0 spiro atoms. The van der Waals surface area contributed by atoms with Gasteiger partial charge in [-0.15, -0.1) is 0 Å². The Morgan fingerprint density at radius 3 is 2.44 bits per heavy atom. The zero-order chi connectivity index (χ0) is 7.33. The van der Waals surface area contributed by atoms with Gasteiger partial charge < -0.3 is 9.47 Å². The van der Waals surface area contributed by atoms with Gasteiger partial charge >= 0.3 is 0 Å². The quantitative estimate of drug-likeness (QED) is 0.427. The summed E-state index contributed by atoms with van der Waals surface area (Å²) < 4.78 is 10.2. The molecule has 0 fully saturated rings. The van der Waals surface area contributed by atoms with Gasteiger partial charge in [0.2, 0.25) is 5.79 Å². The minimum absolute atomic E-state index is 0.517. The molecule has 0 rings (SSSR count). The lowest BCUT2D eigenvalue weighted by molar-refractivity contribution is -0.177. The van der Waals surface area contributed by atoms with Crippen LogP contribution in [-0.2, 0) is 9.47 Å². The Kier molecular flexibility index (Phi) is 3.32. The smallest absolute Gasteiger partial charge is 0.203 e. The van der Waals surface area contributed by atoms with E-state index in [2.05, 4.69) is 6.58 Å². The molecule has 0 unspecified atom stereocenters. The molecule has 0 bridgehead atoms. The van der Waals surface area contributed by atoms with E-state index in [0.29, 0.717) is 6.61 Å². The first-order chi connectivity index (χ1) is 4.12. The molecule has 0 saturated carbocycles. The van der Waals surface area contributed by atoms with Crippen LogP contribution in [0.1, 0.15) is 20.8 Å². The maximum Gasteiger partial charge on any atom is 0.203 e. The maximum atomic E-state index is 5.18. The van der Waals surface area contributed by atoms with Crippen molar-refractivity contribution < 1.29 is 9.47 Å². The minimum atomic E-state index is -0.517. The molecule has 0 aliphatic rings. The van der Waals surface area contributed by atoms with Crippen LogP contribution in [0.5, 0.6) is 0 Å². The van der Waals surface area contributed by atoms with Crippen molar-refractivity contribution >= 4 is 0 Å². The molecule has 9 heavy (non-hydrogen) atoms. The van der Waals surface area contributed by atoms with Crippen molar-refractivity contribution in [2.45, 2.75) is 26.6 Å². The van der Waals surface area contributed by atoms with Gasteiger partial charge in [0, 0.05) is 20.5 Å². The van der Waals surface area contributed by atoms with E-state index in [9.17, 15) is 0 Å². The fourth-order valence-corrected chi connectivity index (χ4v) is 0.582. The van der Waals surface area contributed by atoms with E-state index < -0.39 is 5.79 Å². The van der Waals surface area contributed by atoms with Gasteiger partial charge in [0.05, 0.1) is 6.26 Å². The zero-order valence-corrected chi connectivity index (χ0v) is 6.31. The molecule has 0 radical (unpaired) electrons. The highest BCUT2D eigenvalue weighted by atomic mass is 16.7. The summed E-state index contributed by atoms with van der Waals surface area (Å²) in [5.41, 5.74) is 0. The van der Waals surface area contributed by atoms with E-state index >= 15 is 0 Å². The van der Waals surface area contributed by atoms with Gasteiger partial charge in [0.1, 0.15) is 0 Å². The summed E-state index contributed by atoms with van der Waals surface area (Å²) >= 11 is 0. The Balaban J connectivity index is 3.55. The third-order valence-electron chi connectivity index (χ3n) is 0.859. The maximum absolute atomic E-state index is 5.18. The molecule has 0 atom stereocenters. The van der Waals surface area contributed by atoms with Crippen molar-refractivity contribution in [3.05, 3.63) is 12.8 Å². The SMILES string of the molecule is C=COC(C)(C)OCC. The van der Waals surface area contributed by atoms with Crippen LogP contribution in [0.15, 0.2) is 12.8 Å². The first-order valence-electron chi connectivity index (χ1n) is 3.05. The molecular formula is C7H14O2. The zero-order valence-electron chi connectivity index (χ0n) is 6.31. The van der Waals surface area contributed by atoms with Crippen LogP contribution in [0.2, 0.25) is 0 Å². The van der Waals surface area contributed by atoms with Crippen LogP contribution in [0.25, 0.3) is 0 Å². The van der Waals surface area contributed by atoms with Crippen LogP contribution in [0, 0.1) is 0 Å². The Bertz CT molecular complexity index is 86.9. The molecular weight excluding hydrogens is 116 g/mol. The highest BCUT2D eigenvalue weighted by molar-refractivity contribution is 4.59. The van der Waals surface area contributed by atoms with Gasteiger partial charge in [-0.3, -0.25) is 0 Å². The first-order valence-corrected chi connectivity index (χ1v) is 3.05. The largest absolute Gasteiger partial charge is 0.471 e. The highest BCUT2D eigenvalue weighted by Gasteiger charge is 2.15. The summed E-state index contributed by atoms with van der Waals surface area (Å²) in [7, 11) is 0. The summed E-state index contributed by atoms with van der Waals surface area (Å²) in [6.45, 7) is 9.70. The number of hydrogen-bond acceptors (Lipinski definition) is 2. The van der Waals surface area contributed by atoms with Crippen molar-refractivity contribution in [1.29, 1.82) is 0 Å². The number of hydrogen-bond donors (Lipinski definition) is 0. The van der Waals surface area contributed by atoms with E-state index in [4.69, 9.17) is 9.47 Å². The second-order valence-electron chi connectivity index (χ2n) is 2.12. The molecule has 54 valence electrons. The van der Waals surface area contributed by atoms with Gasteiger partial charge in [0.25, 0.3) is 0 Å². The Morgan fingerprint density at radius 2 is 2.11 bits per heavy atom. The van der Waals surface area contributed by atoms with Crippen molar-refractivity contribution in [3.8, 4) is 0 Å². The predicted molar refractivity (Wildman–Crippen MR) is 37.0 cm³/mol. The Hall–Kier alpha value is -0.500. The summed E-state index contributed by atoms with van der Waals surface area (Å²) in [5.74, 6) is -0.517. The molecule has 0 heterocycles. The van der Waals surface area contributed by atoms with Gasteiger partial charge in [-0.2, -0.15) is 0 Å². The van der Waals surface area contributed by atoms with E-state index in [1.54, 1.807) is 0 Å². The third-order valence-corrected chi connectivity index (χ3v) is 0.859. The van der Waals surface area contributed by atoms with Crippen molar-refractivity contribution in [3.63, 3.8) is 0 Å². The van der Waals surface area contributed by atoms with Crippen LogP contribution in [-0.4, -0.2) is 12.4 Å². The summed E-state index contributed by atoms with van der Waals surface area (Å²) in [6, 6.07) is 0. The summed E-state index contributed by atoms with van der Waals surface area (Å²) in [5, 5.41) is 0. The van der Waals surface area contributed by atoms with E-state index in [-0.39, 0.29) is 0 Å². The fourth-order valence-electron chi connectivity index (χ4n) is 0.582. The Morgan fingerprint density at radius 1 is 1.56 bits per heavy atom. The first kappa shape index (κ1) is 8.50. The number of rotatable bonds is 4. The molecule has 0 aromatic carbocycles. The van der Waals surface area contributed by atoms with Crippen molar-refractivity contribution in [1.82, 2.24) is 0 Å². The van der Waals surface area contributed by atoms with E-state index in [1.165, 1.54) is 6.26 Å². The van der Waals surface area contributed by atoms with Gasteiger partial charge in [-0.05, 0) is 6.92 Å². The van der Waals surface area contributed by atoms with E-state index in [1.807, 2.05) is 20.8 Å². The normalized spacial score (nSPS) is 11.0. The lowest BCUT2D eigenvalue weighted by Crippen LogP contribution is -2.25. The highest BCUT2D eigenvalue weighted by Crippen LogP contribution is 2.09. The molecule has 0 aromatic rings. The molecule has 0 amide bonds. The molecule has 0 N–H and O–H groups in total. The standard InChI is InChI=1S/C7H14O2/c1-5-8-7(3,4)9-6-2/h5H,1,6H2,2-4H3. The molecule has 2 heteroatoms. The minimum Gasteiger partial charge on any atom is -0.471 e. The van der Waals surface area contributed by atoms with Gasteiger partial charge in [-0.25, -0.2) is 0 Å². The monoisotopic (exact) mass is 130 g/mol. The molecule has 0 aromatic heterocycles. The van der Waals surface area contributed by atoms with Gasteiger partial charge in [0.15, 0.2) is 0 Å². The molecule has 2 nitrogen and oxygen atoms in total. The predicted octanol–water partition coefficient (Wildman–Crippen LogP) is 1.92. The van der Waals surface area contributed by atoms with Crippen LogP contribution < -0.4 is 0 Å². The molecule has 0 aliphatic heterocycles. The van der Waals surface area contributed by atoms with Crippen molar-refractivity contribution in [2.75, 3.05) is 6.61 Å². The van der Waals surface area contributed by atoms with Gasteiger partial charge in [-0.1, -0.05) is 6.58 Å². The lowest BCUT2D eigenvalue weighted by Gasteiger charge is -2.23. The average molecular weight is 130 g/mol. The van der Waals surface area contributed by atoms with Crippen LogP contribution >= 0.6 is 0 Å². The lowest BCUT2D eigenvalue weighted by atomic mass is 10.4. The number of ether oxygens (including phenoxy) is 2. The Labute approximate surface area is 56.5 Å². The summed E-state index contributed by atoms with van der Waals surface area (Å²) in [6.07, 6.45) is 1.38. The fraction of sp³-hybridized carbons (Fsp3) is 0.714. The van der Waals surface area contributed by atoms with E-state index in [0.717, 1.165) is 0 Å². The summed E-state index contributed by atoms with van der Waals surface area (Å²) in [4.78, 5) is 0. The molecule has 0 saturated heterocycles. The van der Waals surface area contributed by atoms with Crippen molar-refractivity contribution in [2.24, 2.45) is 0 Å². The second-order valence-corrected chi connectivity index (χ2v) is 2.12.